The summed E-state index contributed by atoms with van der Waals surface area (Å²) in [6.45, 7) is 3.52. The fourth-order valence-electron chi connectivity index (χ4n) is 2.41. The van der Waals surface area contributed by atoms with Gasteiger partial charge in [-0.3, -0.25) is 10.1 Å². The Kier molecular flexibility index (Phi) is 5.54. The van der Waals surface area contributed by atoms with Crippen LogP contribution in [0.5, 0.6) is 5.75 Å². The first kappa shape index (κ1) is 19.3. The highest BCUT2D eigenvalue weighted by Gasteiger charge is 2.36. The molecule has 2 N–H and O–H groups in total. The molecule has 2 aromatic rings. The number of aryl methyl sites for hydroxylation is 2. The van der Waals surface area contributed by atoms with Crippen molar-refractivity contribution in [3.63, 3.8) is 0 Å². The molecular weight excluding hydrogens is 349 g/mol. The Morgan fingerprint density at radius 3 is 2.19 bits per heavy atom. The third-order valence-electron chi connectivity index (χ3n) is 3.72. The Labute approximate surface area is 148 Å². The number of methoxy groups -OCH3 is 1. The van der Waals surface area contributed by atoms with Gasteiger partial charge < -0.3 is 10.1 Å². The Hall–Kier alpha value is -3.03. The van der Waals surface area contributed by atoms with Crippen molar-refractivity contribution < 1.29 is 27.5 Å². The summed E-state index contributed by atoms with van der Waals surface area (Å²) in [6, 6.07) is 7.28. The van der Waals surface area contributed by atoms with Gasteiger partial charge in [0, 0.05) is 5.69 Å². The predicted octanol–water partition coefficient (Wildman–Crippen LogP) is 4.29. The zero-order valence-corrected chi connectivity index (χ0v) is 14.3. The standard InChI is InChI=1S/C18H17F3N2O3/c1-10-5-4-6-11(2)15(10)22-17(25)23-16(24)13-8-7-12(26-3)9-14(13)18(19,20)21/h4-9H,1-3H3,(H2,22,23,24,25). The van der Waals surface area contributed by atoms with Crippen molar-refractivity contribution in [1.29, 1.82) is 0 Å². The SMILES string of the molecule is COc1ccc(C(=O)NC(=O)Nc2c(C)cccc2C)c(C(F)(F)F)c1. The molecule has 8 heteroatoms. The van der Waals surface area contributed by atoms with Crippen molar-refractivity contribution in [2.75, 3.05) is 12.4 Å². The van der Waals surface area contributed by atoms with Crippen LogP contribution in [-0.2, 0) is 6.18 Å². The van der Waals surface area contributed by atoms with E-state index in [2.05, 4.69) is 5.32 Å². The zero-order valence-electron chi connectivity index (χ0n) is 14.3. The molecule has 3 amide bonds. The fraction of sp³-hybridized carbons (Fsp3) is 0.222. The minimum atomic E-state index is -4.77. The Morgan fingerprint density at radius 2 is 1.65 bits per heavy atom. The maximum atomic E-state index is 13.2. The molecule has 26 heavy (non-hydrogen) atoms. The number of carbonyl (C=O) groups excluding carboxylic acids is 2. The van der Waals surface area contributed by atoms with Crippen molar-refractivity contribution >= 4 is 17.6 Å². The van der Waals surface area contributed by atoms with Crippen LogP contribution >= 0.6 is 0 Å². The van der Waals surface area contributed by atoms with E-state index in [-0.39, 0.29) is 5.75 Å². The third-order valence-corrected chi connectivity index (χ3v) is 3.72. The Bertz CT molecular complexity index is 828. The quantitative estimate of drug-likeness (QED) is 0.851. The van der Waals surface area contributed by atoms with Gasteiger partial charge in [-0.05, 0) is 43.2 Å². The van der Waals surface area contributed by atoms with Crippen molar-refractivity contribution in [3.8, 4) is 5.75 Å². The number of rotatable bonds is 3. The predicted molar refractivity (Wildman–Crippen MR) is 90.4 cm³/mol. The number of nitrogens with one attached hydrogen (secondary N) is 2. The summed E-state index contributed by atoms with van der Waals surface area (Å²) >= 11 is 0. The van der Waals surface area contributed by atoms with Crippen molar-refractivity contribution in [2.24, 2.45) is 0 Å². The van der Waals surface area contributed by atoms with Gasteiger partial charge in [-0.25, -0.2) is 4.79 Å². The number of urea groups is 1. The number of anilines is 1. The molecule has 5 nitrogen and oxygen atoms in total. The van der Waals surface area contributed by atoms with Gasteiger partial charge in [0.05, 0.1) is 18.2 Å². The van der Waals surface area contributed by atoms with E-state index in [4.69, 9.17) is 4.74 Å². The maximum Gasteiger partial charge on any atom is 0.417 e. The first-order valence-corrected chi connectivity index (χ1v) is 7.57. The monoisotopic (exact) mass is 366 g/mol. The molecule has 2 aromatic carbocycles. The number of amides is 3. The molecule has 138 valence electrons. The van der Waals surface area contributed by atoms with E-state index in [1.807, 2.05) is 5.32 Å². The van der Waals surface area contributed by atoms with Gasteiger partial charge in [0.1, 0.15) is 5.75 Å². The second-order valence-corrected chi connectivity index (χ2v) is 5.58. The highest BCUT2D eigenvalue weighted by molar-refractivity contribution is 6.09. The molecule has 0 fully saturated rings. The van der Waals surface area contributed by atoms with Crippen LogP contribution in [0, 0.1) is 13.8 Å². The molecule has 2 rings (SSSR count). The molecule has 0 saturated carbocycles. The number of carbonyl (C=O) groups is 2. The maximum absolute atomic E-state index is 13.2. The van der Waals surface area contributed by atoms with Gasteiger partial charge in [-0.15, -0.1) is 0 Å². The summed E-state index contributed by atoms with van der Waals surface area (Å²) in [5.74, 6) is -1.21. The van der Waals surface area contributed by atoms with Crippen LogP contribution in [0.3, 0.4) is 0 Å². The van der Waals surface area contributed by atoms with Crippen LogP contribution in [0.25, 0.3) is 0 Å². The molecule has 0 atom stereocenters. The number of halogens is 3. The van der Waals surface area contributed by atoms with E-state index < -0.39 is 29.2 Å². The number of hydrogen-bond donors (Lipinski definition) is 2. The van der Waals surface area contributed by atoms with E-state index in [9.17, 15) is 22.8 Å². The lowest BCUT2D eigenvalue weighted by atomic mass is 10.1. The van der Waals surface area contributed by atoms with Gasteiger partial charge in [-0.2, -0.15) is 13.2 Å². The van der Waals surface area contributed by atoms with Crippen molar-refractivity contribution in [2.45, 2.75) is 20.0 Å². The fourth-order valence-corrected chi connectivity index (χ4v) is 2.41. The summed E-state index contributed by atoms with van der Waals surface area (Å²) in [5.41, 5.74) is 0.147. The Morgan fingerprint density at radius 1 is 1.04 bits per heavy atom. The first-order chi connectivity index (χ1) is 12.1. The zero-order chi connectivity index (χ0) is 19.5. The summed E-state index contributed by atoms with van der Waals surface area (Å²) in [5, 5.41) is 4.40. The number of imide groups is 1. The minimum absolute atomic E-state index is 0.0474. The van der Waals surface area contributed by atoms with Crippen LogP contribution in [0.4, 0.5) is 23.7 Å². The number of benzene rings is 2. The van der Waals surface area contributed by atoms with E-state index in [0.29, 0.717) is 11.8 Å². The van der Waals surface area contributed by atoms with Crippen LogP contribution in [0.2, 0.25) is 0 Å². The normalized spacial score (nSPS) is 11.0. The lowest BCUT2D eigenvalue weighted by Crippen LogP contribution is -2.35. The number of hydrogen-bond acceptors (Lipinski definition) is 3. The molecule has 0 aliphatic heterocycles. The highest BCUT2D eigenvalue weighted by Crippen LogP contribution is 2.34. The number of alkyl halides is 3. The van der Waals surface area contributed by atoms with Crippen LogP contribution in [-0.4, -0.2) is 19.0 Å². The molecule has 0 heterocycles. The van der Waals surface area contributed by atoms with Gasteiger partial charge in [0.25, 0.3) is 5.91 Å². The van der Waals surface area contributed by atoms with Crippen LogP contribution < -0.4 is 15.4 Å². The molecule has 0 bridgehead atoms. The summed E-state index contributed by atoms with van der Waals surface area (Å²) in [4.78, 5) is 24.2. The molecular formula is C18H17F3N2O3. The molecule has 0 spiro atoms. The summed E-state index contributed by atoms with van der Waals surface area (Å²) in [7, 11) is 1.22. The lowest BCUT2D eigenvalue weighted by molar-refractivity contribution is -0.138. The average molecular weight is 366 g/mol. The second-order valence-electron chi connectivity index (χ2n) is 5.58. The van der Waals surface area contributed by atoms with Gasteiger partial charge in [-0.1, -0.05) is 18.2 Å². The molecule has 0 aliphatic rings. The van der Waals surface area contributed by atoms with E-state index in [1.165, 1.54) is 13.2 Å². The first-order valence-electron chi connectivity index (χ1n) is 7.57. The third kappa shape index (κ3) is 4.33. The summed E-state index contributed by atoms with van der Waals surface area (Å²) < 4.78 is 44.3. The summed E-state index contributed by atoms with van der Waals surface area (Å²) in [6.07, 6.45) is -4.77. The molecule has 0 radical (unpaired) electrons. The second kappa shape index (κ2) is 7.47. The van der Waals surface area contributed by atoms with E-state index in [0.717, 1.165) is 17.2 Å². The van der Waals surface area contributed by atoms with Crippen molar-refractivity contribution in [1.82, 2.24) is 5.32 Å². The Balaban J connectivity index is 2.23. The highest BCUT2D eigenvalue weighted by atomic mass is 19.4. The van der Waals surface area contributed by atoms with E-state index in [1.54, 1.807) is 32.0 Å². The van der Waals surface area contributed by atoms with Gasteiger partial charge >= 0.3 is 12.2 Å². The topological polar surface area (TPSA) is 67.4 Å². The van der Waals surface area contributed by atoms with Gasteiger partial charge in [0.15, 0.2) is 0 Å². The molecule has 0 aromatic heterocycles. The molecule has 0 saturated heterocycles. The molecule has 0 aliphatic carbocycles. The van der Waals surface area contributed by atoms with Gasteiger partial charge in [0.2, 0.25) is 0 Å². The van der Waals surface area contributed by atoms with Crippen molar-refractivity contribution in [3.05, 3.63) is 58.7 Å². The molecule has 0 unspecified atom stereocenters. The van der Waals surface area contributed by atoms with E-state index >= 15 is 0 Å². The number of ether oxygens (including phenoxy) is 1. The van der Waals surface area contributed by atoms with Crippen LogP contribution in [0.1, 0.15) is 27.0 Å². The largest absolute Gasteiger partial charge is 0.497 e. The van der Waals surface area contributed by atoms with Crippen LogP contribution in [0.15, 0.2) is 36.4 Å². The minimum Gasteiger partial charge on any atom is -0.497 e. The average Bonchev–Trinajstić information content (AvgIpc) is 2.57. The number of para-hydroxylation sites is 1. The smallest absolute Gasteiger partial charge is 0.417 e. The lowest BCUT2D eigenvalue weighted by Gasteiger charge is -2.15.